The molecular formula is C26H38F2. The molecular weight excluding hydrogens is 350 g/mol. The molecule has 0 saturated heterocycles. The summed E-state index contributed by atoms with van der Waals surface area (Å²) in [5.74, 6) is 1.70. The zero-order valence-corrected chi connectivity index (χ0v) is 17.7. The fourth-order valence-corrected chi connectivity index (χ4v) is 5.42. The van der Waals surface area contributed by atoms with Crippen molar-refractivity contribution >= 4 is 0 Å². The number of halogens is 2. The quantitative estimate of drug-likeness (QED) is 0.391. The van der Waals surface area contributed by atoms with Crippen LogP contribution in [0.3, 0.4) is 0 Å². The average molecular weight is 389 g/mol. The molecule has 0 unspecified atom stereocenters. The topological polar surface area (TPSA) is 0 Å². The first-order valence-corrected chi connectivity index (χ1v) is 11.7. The SMILES string of the molecule is C=C(CC)CCC1CCC(CCC2CCC(c3ccc(F)c(F)c3)CC2)CC1. The van der Waals surface area contributed by atoms with Crippen molar-refractivity contribution in [3.05, 3.63) is 47.5 Å². The highest BCUT2D eigenvalue weighted by atomic mass is 19.2. The van der Waals surface area contributed by atoms with E-state index in [1.165, 1.54) is 81.9 Å². The Morgan fingerprint density at radius 2 is 1.36 bits per heavy atom. The van der Waals surface area contributed by atoms with E-state index in [4.69, 9.17) is 0 Å². The van der Waals surface area contributed by atoms with Crippen molar-refractivity contribution in [3.8, 4) is 0 Å². The normalized spacial score (nSPS) is 28.2. The van der Waals surface area contributed by atoms with Gasteiger partial charge in [0.2, 0.25) is 0 Å². The van der Waals surface area contributed by atoms with Gasteiger partial charge >= 0.3 is 0 Å². The summed E-state index contributed by atoms with van der Waals surface area (Å²) in [5.41, 5.74) is 2.41. The van der Waals surface area contributed by atoms with Gasteiger partial charge in [0.05, 0.1) is 0 Å². The third-order valence-electron chi connectivity index (χ3n) is 7.62. The van der Waals surface area contributed by atoms with Gasteiger partial charge in [-0.3, -0.25) is 0 Å². The summed E-state index contributed by atoms with van der Waals surface area (Å²) < 4.78 is 26.6. The summed E-state index contributed by atoms with van der Waals surface area (Å²) in [6.07, 6.45) is 16.9. The molecule has 2 heteroatoms. The average Bonchev–Trinajstić information content (AvgIpc) is 2.73. The molecule has 1 aromatic carbocycles. The minimum Gasteiger partial charge on any atom is -0.204 e. The Bertz CT molecular complexity index is 619. The maximum Gasteiger partial charge on any atom is 0.159 e. The Labute approximate surface area is 170 Å². The summed E-state index contributed by atoms with van der Waals surface area (Å²) in [6, 6.07) is 4.47. The van der Waals surface area contributed by atoms with Gasteiger partial charge in [0.15, 0.2) is 11.6 Å². The molecule has 0 atom stereocenters. The van der Waals surface area contributed by atoms with Gasteiger partial charge in [-0.2, -0.15) is 0 Å². The van der Waals surface area contributed by atoms with E-state index < -0.39 is 11.6 Å². The van der Waals surface area contributed by atoms with Crippen LogP contribution in [0.1, 0.15) is 102 Å². The first-order chi connectivity index (χ1) is 13.5. The highest BCUT2D eigenvalue weighted by Crippen LogP contribution is 2.40. The minimum atomic E-state index is -0.734. The number of hydrogen-bond acceptors (Lipinski definition) is 0. The number of rotatable bonds is 8. The minimum absolute atomic E-state index is 0.416. The first-order valence-electron chi connectivity index (χ1n) is 11.7. The Morgan fingerprint density at radius 1 is 0.821 bits per heavy atom. The van der Waals surface area contributed by atoms with E-state index in [1.807, 2.05) is 0 Å². The van der Waals surface area contributed by atoms with Crippen molar-refractivity contribution in [1.82, 2.24) is 0 Å². The van der Waals surface area contributed by atoms with Gasteiger partial charge in [0.25, 0.3) is 0 Å². The predicted molar refractivity (Wildman–Crippen MR) is 114 cm³/mol. The smallest absolute Gasteiger partial charge is 0.159 e. The first kappa shape index (κ1) is 21.5. The molecule has 1 aromatic rings. The molecule has 156 valence electrons. The maximum atomic E-state index is 13.5. The van der Waals surface area contributed by atoms with Gasteiger partial charge in [-0.15, -0.1) is 0 Å². The molecule has 2 aliphatic rings. The Kier molecular flexibility index (Phi) is 8.11. The van der Waals surface area contributed by atoms with Crippen LogP contribution >= 0.6 is 0 Å². The van der Waals surface area contributed by atoms with Crippen LogP contribution in [0, 0.1) is 29.4 Å². The van der Waals surface area contributed by atoms with E-state index in [-0.39, 0.29) is 0 Å². The fourth-order valence-electron chi connectivity index (χ4n) is 5.42. The zero-order valence-electron chi connectivity index (χ0n) is 17.7. The standard InChI is InChI=1S/C26H38F2/c1-3-19(2)4-5-20-6-8-21(9-7-20)10-11-22-12-14-23(15-13-22)24-16-17-25(27)26(28)18-24/h16-18,20-23H,2-15H2,1H3. The molecule has 2 saturated carbocycles. The van der Waals surface area contributed by atoms with Crippen LogP contribution in [-0.4, -0.2) is 0 Å². The third kappa shape index (κ3) is 6.16. The van der Waals surface area contributed by atoms with E-state index >= 15 is 0 Å². The largest absolute Gasteiger partial charge is 0.204 e. The van der Waals surface area contributed by atoms with Crippen LogP contribution in [0.2, 0.25) is 0 Å². The molecule has 2 fully saturated rings. The maximum absolute atomic E-state index is 13.5. The lowest BCUT2D eigenvalue weighted by atomic mass is 9.74. The predicted octanol–water partition coefficient (Wildman–Crippen LogP) is 8.57. The van der Waals surface area contributed by atoms with Crippen LogP contribution < -0.4 is 0 Å². The van der Waals surface area contributed by atoms with E-state index in [1.54, 1.807) is 6.07 Å². The van der Waals surface area contributed by atoms with Gasteiger partial charge in [-0.05, 0) is 86.3 Å². The second kappa shape index (κ2) is 10.6. The number of benzene rings is 1. The molecule has 28 heavy (non-hydrogen) atoms. The van der Waals surface area contributed by atoms with Gasteiger partial charge in [0, 0.05) is 0 Å². The lowest BCUT2D eigenvalue weighted by molar-refractivity contribution is 0.224. The van der Waals surface area contributed by atoms with Crippen molar-refractivity contribution in [1.29, 1.82) is 0 Å². The molecule has 3 rings (SSSR count). The number of allylic oxidation sites excluding steroid dienone is 1. The number of hydrogen-bond donors (Lipinski definition) is 0. The Hall–Kier alpha value is -1.18. The molecule has 0 nitrogen and oxygen atoms in total. The molecule has 0 bridgehead atoms. The van der Waals surface area contributed by atoms with Crippen LogP contribution in [-0.2, 0) is 0 Å². The van der Waals surface area contributed by atoms with E-state index in [0.29, 0.717) is 5.92 Å². The van der Waals surface area contributed by atoms with E-state index in [2.05, 4.69) is 13.5 Å². The van der Waals surface area contributed by atoms with Gasteiger partial charge in [0.1, 0.15) is 0 Å². The van der Waals surface area contributed by atoms with Crippen LogP contribution in [0.25, 0.3) is 0 Å². The summed E-state index contributed by atoms with van der Waals surface area (Å²) >= 11 is 0. The highest BCUT2D eigenvalue weighted by molar-refractivity contribution is 5.22. The molecule has 0 spiro atoms. The van der Waals surface area contributed by atoms with Gasteiger partial charge in [-0.1, -0.05) is 63.7 Å². The molecule has 0 heterocycles. The molecule has 0 aromatic heterocycles. The highest BCUT2D eigenvalue weighted by Gasteiger charge is 2.25. The third-order valence-corrected chi connectivity index (χ3v) is 7.62. The molecule has 0 radical (unpaired) electrons. The van der Waals surface area contributed by atoms with Crippen LogP contribution in [0.5, 0.6) is 0 Å². The van der Waals surface area contributed by atoms with Gasteiger partial charge in [-0.25, -0.2) is 8.78 Å². The summed E-state index contributed by atoms with van der Waals surface area (Å²) in [4.78, 5) is 0. The lowest BCUT2D eigenvalue weighted by Crippen LogP contribution is -2.18. The second-order valence-electron chi connectivity index (χ2n) is 9.50. The Morgan fingerprint density at radius 3 is 1.89 bits per heavy atom. The van der Waals surface area contributed by atoms with Crippen molar-refractivity contribution < 1.29 is 8.78 Å². The summed E-state index contributed by atoms with van der Waals surface area (Å²) in [6.45, 7) is 6.36. The zero-order chi connectivity index (χ0) is 19.9. The van der Waals surface area contributed by atoms with Crippen molar-refractivity contribution in [2.75, 3.05) is 0 Å². The molecule has 0 amide bonds. The fraction of sp³-hybridized carbons (Fsp3) is 0.692. The van der Waals surface area contributed by atoms with E-state index in [9.17, 15) is 8.78 Å². The lowest BCUT2D eigenvalue weighted by Gasteiger charge is -2.32. The monoisotopic (exact) mass is 388 g/mol. The van der Waals surface area contributed by atoms with Gasteiger partial charge < -0.3 is 0 Å². The van der Waals surface area contributed by atoms with Crippen molar-refractivity contribution in [2.45, 2.75) is 96.3 Å². The molecule has 0 N–H and O–H groups in total. The van der Waals surface area contributed by atoms with E-state index in [0.717, 1.165) is 42.6 Å². The van der Waals surface area contributed by atoms with Crippen LogP contribution in [0.15, 0.2) is 30.4 Å². The summed E-state index contributed by atoms with van der Waals surface area (Å²) in [7, 11) is 0. The molecule has 0 aliphatic heterocycles. The second-order valence-corrected chi connectivity index (χ2v) is 9.50. The summed E-state index contributed by atoms with van der Waals surface area (Å²) in [5, 5.41) is 0. The Balaban J connectivity index is 1.33. The van der Waals surface area contributed by atoms with Crippen molar-refractivity contribution in [2.24, 2.45) is 17.8 Å². The van der Waals surface area contributed by atoms with Crippen LogP contribution in [0.4, 0.5) is 8.78 Å². The molecule has 2 aliphatic carbocycles. The van der Waals surface area contributed by atoms with Crippen molar-refractivity contribution in [3.63, 3.8) is 0 Å².